The van der Waals surface area contributed by atoms with Crippen LogP contribution in [0.2, 0.25) is 5.02 Å². The Morgan fingerprint density at radius 3 is 2.75 bits per heavy atom. The Morgan fingerprint density at radius 2 is 2.04 bits per heavy atom. The molecule has 142 valence electrons. The van der Waals surface area contributed by atoms with Crippen LogP contribution in [0.5, 0.6) is 0 Å². The summed E-state index contributed by atoms with van der Waals surface area (Å²) in [5, 5.41) is 9.05. The summed E-state index contributed by atoms with van der Waals surface area (Å²) in [5.74, 6) is 0.696. The van der Waals surface area contributed by atoms with E-state index < -0.39 is 11.9 Å². The van der Waals surface area contributed by atoms with Gasteiger partial charge >= 0.3 is 0 Å². The second kappa shape index (κ2) is 7.65. The minimum absolute atomic E-state index is 0.450. The number of primary amides is 1. The van der Waals surface area contributed by atoms with Gasteiger partial charge in [-0.25, -0.2) is 4.68 Å². The first-order valence-electron chi connectivity index (χ1n) is 8.55. The van der Waals surface area contributed by atoms with Crippen molar-refractivity contribution in [3.8, 4) is 0 Å². The summed E-state index contributed by atoms with van der Waals surface area (Å²) >= 11 is 7.71. The molecule has 4 rings (SSSR count). The first kappa shape index (κ1) is 18.5. The first-order chi connectivity index (χ1) is 13.5. The molecule has 3 heterocycles. The Bertz CT molecular complexity index is 1070. The van der Waals surface area contributed by atoms with Crippen LogP contribution in [0, 0.1) is 0 Å². The average Bonchev–Trinajstić information content (AvgIpc) is 3.09. The molecule has 1 aliphatic heterocycles. The number of carbonyl (C=O) groups excluding carboxylic acids is 1. The number of halogens is 1. The van der Waals surface area contributed by atoms with E-state index in [-0.39, 0.29) is 0 Å². The largest absolute Gasteiger partial charge is 0.366 e. The second-order valence-electron chi connectivity index (χ2n) is 6.25. The van der Waals surface area contributed by atoms with Crippen LogP contribution in [0.4, 0.5) is 5.95 Å². The highest BCUT2D eigenvalue weighted by Crippen LogP contribution is 2.36. The topological polar surface area (TPSA) is 98.7 Å². The molecule has 2 aromatic heterocycles. The van der Waals surface area contributed by atoms with Crippen LogP contribution in [0.15, 0.2) is 65.2 Å². The van der Waals surface area contributed by atoms with E-state index >= 15 is 0 Å². The molecule has 3 aromatic rings. The number of benzene rings is 1. The molecular weight excluding hydrogens is 396 g/mol. The third-order valence-corrected chi connectivity index (χ3v) is 5.69. The van der Waals surface area contributed by atoms with Crippen molar-refractivity contribution in [2.45, 2.75) is 23.9 Å². The van der Waals surface area contributed by atoms with Crippen molar-refractivity contribution in [3.05, 3.63) is 76.2 Å². The number of nitrogens with two attached hydrogens (primary N) is 1. The standard InChI is InChI=1S/C19H17ClN6OS/c1-11-15(17(21)27)16(12-6-8-22-9-7-12)26-18(23-11)24-19(25-26)28-10-13-4-2-3-5-14(13)20/h2-9,16H,10H2,1H3,(H2,21,27)(H,23,24,25)/t16-/m1/s1. The SMILES string of the molecule is CC1=C(C(N)=O)[C@@H](c2ccncc2)n2nc(SCc3ccccc3Cl)nc2N1. The lowest BCUT2D eigenvalue weighted by Crippen LogP contribution is -2.31. The molecule has 1 aromatic carbocycles. The molecule has 0 spiro atoms. The second-order valence-corrected chi connectivity index (χ2v) is 7.60. The molecule has 1 aliphatic rings. The molecule has 7 nitrogen and oxygen atoms in total. The van der Waals surface area contributed by atoms with Crippen LogP contribution in [0.25, 0.3) is 0 Å². The summed E-state index contributed by atoms with van der Waals surface area (Å²) in [7, 11) is 0. The van der Waals surface area contributed by atoms with Crippen LogP contribution < -0.4 is 11.1 Å². The van der Waals surface area contributed by atoms with Gasteiger partial charge in [0.2, 0.25) is 17.0 Å². The van der Waals surface area contributed by atoms with E-state index in [0.29, 0.717) is 33.2 Å². The van der Waals surface area contributed by atoms with E-state index in [1.54, 1.807) is 17.1 Å². The monoisotopic (exact) mass is 412 g/mol. The first-order valence-corrected chi connectivity index (χ1v) is 9.91. The van der Waals surface area contributed by atoms with Crippen molar-refractivity contribution >= 4 is 35.2 Å². The summed E-state index contributed by atoms with van der Waals surface area (Å²) in [6, 6.07) is 10.9. The van der Waals surface area contributed by atoms with Crippen LogP contribution in [0.3, 0.4) is 0 Å². The zero-order valence-electron chi connectivity index (χ0n) is 15.0. The van der Waals surface area contributed by atoms with Gasteiger partial charge < -0.3 is 11.1 Å². The van der Waals surface area contributed by atoms with E-state index in [2.05, 4.69) is 20.4 Å². The van der Waals surface area contributed by atoms with E-state index in [0.717, 1.165) is 11.1 Å². The number of amides is 1. The van der Waals surface area contributed by atoms with Crippen LogP contribution in [0.1, 0.15) is 24.1 Å². The zero-order valence-corrected chi connectivity index (χ0v) is 16.5. The Labute approximate surface area is 171 Å². The number of anilines is 1. The van der Waals surface area contributed by atoms with Gasteiger partial charge in [0.05, 0.1) is 5.57 Å². The number of aromatic nitrogens is 4. The Morgan fingerprint density at radius 1 is 1.29 bits per heavy atom. The lowest BCUT2D eigenvalue weighted by molar-refractivity contribution is -0.115. The number of hydrogen-bond donors (Lipinski definition) is 2. The highest BCUT2D eigenvalue weighted by Gasteiger charge is 2.33. The molecule has 0 unspecified atom stereocenters. The van der Waals surface area contributed by atoms with Gasteiger partial charge in [0.1, 0.15) is 6.04 Å². The molecule has 3 N–H and O–H groups in total. The molecule has 0 radical (unpaired) electrons. The summed E-state index contributed by atoms with van der Waals surface area (Å²) < 4.78 is 1.69. The fourth-order valence-corrected chi connectivity index (χ4v) is 4.24. The van der Waals surface area contributed by atoms with Gasteiger partial charge in [0.15, 0.2) is 0 Å². The van der Waals surface area contributed by atoms with Gasteiger partial charge in [-0.1, -0.05) is 41.6 Å². The van der Waals surface area contributed by atoms with E-state index in [1.165, 1.54) is 11.8 Å². The predicted octanol–water partition coefficient (Wildman–Crippen LogP) is 3.39. The molecule has 1 atom stereocenters. The number of pyridine rings is 1. The maximum absolute atomic E-state index is 12.1. The van der Waals surface area contributed by atoms with E-state index in [1.807, 2.05) is 43.3 Å². The highest BCUT2D eigenvalue weighted by atomic mass is 35.5. The Hall–Kier alpha value is -2.84. The minimum atomic E-state index is -0.502. The quantitative estimate of drug-likeness (QED) is 0.623. The van der Waals surface area contributed by atoms with Crippen molar-refractivity contribution in [2.75, 3.05) is 5.32 Å². The minimum Gasteiger partial charge on any atom is -0.366 e. The number of carbonyl (C=O) groups is 1. The van der Waals surface area contributed by atoms with E-state index in [4.69, 9.17) is 17.3 Å². The maximum atomic E-state index is 12.1. The number of thioether (sulfide) groups is 1. The van der Waals surface area contributed by atoms with Gasteiger partial charge in [-0.15, -0.1) is 5.10 Å². The summed E-state index contributed by atoms with van der Waals surface area (Å²) in [5.41, 5.74) is 8.65. The van der Waals surface area contributed by atoms with Crippen LogP contribution in [-0.4, -0.2) is 25.7 Å². The van der Waals surface area contributed by atoms with Crippen LogP contribution in [-0.2, 0) is 10.5 Å². The third kappa shape index (κ3) is 3.48. The van der Waals surface area contributed by atoms with Gasteiger partial charge in [-0.05, 0) is 36.2 Å². The van der Waals surface area contributed by atoms with Crippen LogP contribution >= 0.6 is 23.4 Å². The lowest BCUT2D eigenvalue weighted by Gasteiger charge is -2.27. The van der Waals surface area contributed by atoms with Crippen molar-refractivity contribution in [2.24, 2.45) is 5.73 Å². The van der Waals surface area contributed by atoms with Gasteiger partial charge in [-0.2, -0.15) is 4.98 Å². The Kier molecular flexibility index (Phi) is 5.06. The van der Waals surface area contributed by atoms with Crippen molar-refractivity contribution in [3.63, 3.8) is 0 Å². The van der Waals surface area contributed by atoms with Crippen molar-refractivity contribution in [1.82, 2.24) is 19.7 Å². The smallest absolute Gasteiger partial charge is 0.248 e. The van der Waals surface area contributed by atoms with Crippen molar-refractivity contribution in [1.29, 1.82) is 0 Å². The normalized spacial score (nSPS) is 15.9. The highest BCUT2D eigenvalue weighted by molar-refractivity contribution is 7.98. The fraction of sp³-hybridized carbons (Fsp3) is 0.158. The van der Waals surface area contributed by atoms with Gasteiger partial charge in [0, 0.05) is 28.9 Å². The number of fused-ring (bicyclic) bond motifs is 1. The summed E-state index contributed by atoms with van der Waals surface area (Å²) in [6.45, 7) is 1.81. The zero-order chi connectivity index (χ0) is 19.7. The molecule has 0 saturated heterocycles. The van der Waals surface area contributed by atoms with Gasteiger partial charge in [-0.3, -0.25) is 9.78 Å². The summed E-state index contributed by atoms with van der Waals surface area (Å²) in [6.07, 6.45) is 3.35. The predicted molar refractivity (Wildman–Crippen MR) is 109 cm³/mol. The number of nitrogens with one attached hydrogen (secondary N) is 1. The molecule has 0 saturated carbocycles. The molecule has 1 amide bonds. The van der Waals surface area contributed by atoms with Gasteiger partial charge in [0.25, 0.3) is 0 Å². The number of hydrogen-bond acceptors (Lipinski definition) is 6. The Balaban J connectivity index is 1.68. The average molecular weight is 413 g/mol. The molecule has 0 bridgehead atoms. The molecule has 9 heteroatoms. The lowest BCUT2D eigenvalue weighted by atomic mass is 9.96. The number of nitrogens with zero attached hydrogens (tertiary/aromatic N) is 4. The number of allylic oxidation sites excluding steroid dienone is 1. The number of rotatable bonds is 5. The summed E-state index contributed by atoms with van der Waals surface area (Å²) in [4.78, 5) is 20.8. The fourth-order valence-electron chi connectivity index (χ4n) is 3.12. The molecule has 28 heavy (non-hydrogen) atoms. The molecule has 0 fully saturated rings. The molecular formula is C19H17ClN6OS. The van der Waals surface area contributed by atoms with E-state index in [9.17, 15) is 4.79 Å². The molecule has 0 aliphatic carbocycles. The maximum Gasteiger partial charge on any atom is 0.248 e. The third-order valence-electron chi connectivity index (χ3n) is 4.44. The van der Waals surface area contributed by atoms with Crippen molar-refractivity contribution < 1.29 is 4.79 Å².